The van der Waals surface area contributed by atoms with E-state index >= 15 is 0 Å². The van der Waals surface area contributed by atoms with Crippen LogP contribution in [0.2, 0.25) is 0 Å². The quantitative estimate of drug-likeness (QED) is 0.557. The minimum atomic E-state index is -3.10. The fourth-order valence-corrected chi connectivity index (χ4v) is 4.12. The highest BCUT2D eigenvalue weighted by Gasteiger charge is 2.14. The highest BCUT2D eigenvalue weighted by Crippen LogP contribution is 2.34. The number of hydrogen-bond donors (Lipinski definition) is 2. The number of rotatable bonds is 8. The third-order valence-corrected chi connectivity index (χ3v) is 5.72. The Balaban J connectivity index is 2.42. The second-order valence-electron chi connectivity index (χ2n) is 3.97. The number of nitrogens with zero attached hydrogens (tertiary/aromatic N) is 2. The highest BCUT2D eigenvalue weighted by molar-refractivity contribution is 7.99. The van der Waals surface area contributed by atoms with Gasteiger partial charge in [-0.1, -0.05) is 6.92 Å². The molecule has 19 heavy (non-hydrogen) atoms. The van der Waals surface area contributed by atoms with E-state index in [-0.39, 0.29) is 0 Å². The molecule has 0 aromatic carbocycles. The Morgan fingerprint density at radius 1 is 1.53 bits per heavy atom. The Bertz CT molecular complexity index is 501. The average molecular weight is 324 g/mol. The molecule has 0 atom stereocenters. The molecule has 0 unspecified atom stereocenters. The third-order valence-electron chi connectivity index (χ3n) is 2.57. The van der Waals surface area contributed by atoms with E-state index in [9.17, 15) is 8.42 Å². The maximum Gasteiger partial charge on any atom is 0.211 e. The van der Waals surface area contributed by atoms with Crippen LogP contribution in [-0.2, 0) is 10.0 Å². The second-order valence-corrected chi connectivity index (χ2v) is 7.54. The third kappa shape index (κ3) is 4.83. The molecular formula is C10H20N4O2S3. The first-order valence-corrected chi connectivity index (χ1v) is 9.73. The number of thioether (sulfide) groups is 1. The van der Waals surface area contributed by atoms with Crippen LogP contribution in [0.4, 0.5) is 10.8 Å². The summed E-state index contributed by atoms with van der Waals surface area (Å²) in [6, 6.07) is 0. The summed E-state index contributed by atoms with van der Waals surface area (Å²) in [6.07, 6.45) is 3.93. The molecule has 1 heterocycles. The van der Waals surface area contributed by atoms with Gasteiger partial charge in [-0.25, -0.2) is 12.7 Å². The fraction of sp³-hybridized carbons (Fsp3) is 0.700. The zero-order chi connectivity index (χ0) is 14.5. The molecule has 0 radical (unpaired) electrons. The molecule has 0 aliphatic heterocycles. The lowest BCUT2D eigenvalue weighted by Crippen LogP contribution is -2.31. The lowest BCUT2D eigenvalue weighted by Gasteiger charge is -2.17. The second kappa shape index (κ2) is 7.32. The van der Waals surface area contributed by atoms with Crippen molar-refractivity contribution < 1.29 is 8.42 Å². The maximum absolute atomic E-state index is 11.4. The minimum absolute atomic E-state index is 0.502. The molecule has 3 N–H and O–H groups in total. The summed E-state index contributed by atoms with van der Waals surface area (Å²) in [5.74, 6) is 0.548. The number of nitrogens with two attached hydrogens (primary N) is 1. The van der Waals surface area contributed by atoms with Gasteiger partial charge < -0.3 is 11.1 Å². The van der Waals surface area contributed by atoms with Gasteiger partial charge in [-0.05, 0) is 24.2 Å². The Morgan fingerprint density at radius 2 is 2.21 bits per heavy atom. The van der Waals surface area contributed by atoms with E-state index < -0.39 is 10.0 Å². The first-order chi connectivity index (χ1) is 8.90. The van der Waals surface area contributed by atoms with E-state index in [1.54, 1.807) is 11.8 Å². The molecule has 0 fully saturated rings. The summed E-state index contributed by atoms with van der Waals surface area (Å²) >= 11 is 2.89. The van der Waals surface area contributed by atoms with Crippen LogP contribution in [0.15, 0.2) is 4.90 Å². The normalized spacial score (nSPS) is 12.0. The van der Waals surface area contributed by atoms with Crippen molar-refractivity contribution in [3.05, 3.63) is 0 Å². The van der Waals surface area contributed by atoms with Crippen LogP contribution in [-0.4, -0.2) is 49.2 Å². The molecule has 6 nitrogen and oxygen atoms in total. The van der Waals surface area contributed by atoms with Gasteiger partial charge in [-0.15, -0.1) is 11.8 Å². The first kappa shape index (κ1) is 16.5. The van der Waals surface area contributed by atoms with Gasteiger partial charge in [0.25, 0.3) is 0 Å². The number of nitrogen functional groups attached to an aromatic ring is 1. The standard InChI is InChI=1S/C10H20N4O2S3/c1-4-14(19(3,15)16)7-5-6-12-10-8(17-2)9(11)13-18-10/h12H,4-7H2,1-3H3,(H2,11,13). The zero-order valence-electron chi connectivity index (χ0n) is 11.3. The molecule has 0 aliphatic rings. The van der Waals surface area contributed by atoms with E-state index in [1.165, 1.54) is 22.1 Å². The van der Waals surface area contributed by atoms with E-state index in [0.29, 0.717) is 25.5 Å². The molecule has 0 saturated carbocycles. The summed E-state index contributed by atoms with van der Waals surface area (Å²) in [6.45, 7) is 3.55. The Kier molecular flexibility index (Phi) is 6.37. The van der Waals surface area contributed by atoms with Gasteiger partial charge >= 0.3 is 0 Å². The number of hydrogen-bond acceptors (Lipinski definition) is 7. The number of anilines is 2. The topological polar surface area (TPSA) is 88.3 Å². The lowest BCUT2D eigenvalue weighted by molar-refractivity contribution is 0.429. The molecule has 110 valence electrons. The van der Waals surface area contributed by atoms with Gasteiger partial charge in [0.2, 0.25) is 10.0 Å². The largest absolute Gasteiger partial charge is 0.382 e. The number of aromatic nitrogens is 1. The average Bonchev–Trinajstić information content (AvgIpc) is 2.68. The molecule has 0 amide bonds. The monoisotopic (exact) mass is 324 g/mol. The van der Waals surface area contributed by atoms with Crippen molar-refractivity contribution in [2.45, 2.75) is 18.2 Å². The maximum atomic E-state index is 11.4. The van der Waals surface area contributed by atoms with Crippen molar-refractivity contribution in [3.63, 3.8) is 0 Å². The van der Waals surface area contributed by atoms with Crippen LogP contribution in [0, 0.1) is 0 Å². The molecule has 0 saturated heterocycles. The SMILES string of the molecule is CCN(CCCNc1snc(N)c1SC)S(C)(=O)=O. The fourth-order valence-electron chi connectivity index (χ4n) is 1.62. The van der Waals surface area contributed by atoms with Gasteiger partial charge in [0.15, 0.2) is 5.82 Å². The van der Waals surface area contributed by atoms with Crippen molar-refractivity contribution >= 4 is 44.1 Å². The Hall–Kier alpha value is -0.510. The van der Waals surface area contributed by atoms with E-state index in [4.69, 9.17) is 5.73 Å². The smallest absolute Gasteiger partial charge is 0.211 e. The zero-order valence-corrected chi connectivity index (χ0v) is 13.8. The van der Waals surface area contributed by atoms with Gasteiger partial charge in [0, 0.05) is 19.6 Å². The molecule has 9 heteroatoms. The van der Waals surface area contributed by atoms with Crippen LogP contribution in [0.25, 0.3) is 0 Å². The molecule has 1 aromatic rings. The van der Waals surface area contributed by atoms with Crippen LogP contribution in [0.3, 0.4) is 0 Å². The van der Waals surface area contributed by atoms with Crippen molar-refractivity contribution in [1.29, 1.82) is 0 Å². The van der Waals surface area contributed by atoms with Gasteiger partial charge in [-0.3, -0.25) is 0 Å². The number of sulfonamides is 1. The van der Waals surface area contributed by atoms with Crippen molar-refractivity contribution in [1.82, 2.24) is 8.68 Å². The minimum Gasteiger partial charge on any atom is -0.382 e. The summed E-state index contributed by atoms with van der Waals surface area (Å²) < 4.78 is 28.4. The Morgan fingerprint density at radius 3 is 2.74 bits per heavy atom. The van der Waals surface area contributed by atoms with Crippen LogP contribution < -0.4 is 11.1 Å². The predicted octanol–water partition coefficient (Wildman–Crippen LogP) is 1.53. The van der Waals surface area contributed by atoms with Crippen molar-refractivity contribution in [3.8, 4) is 0 Å². The van der Waals surface area contributed by atoms with Crippen LogP contribution in [0.5, 0.6) is 0 Å². The molecule has 0 bridgehead atoms. The van der Waals surface area contributed by atoms with Gasteiger partial charge in [0.05, 0.1) is 11.2 Å². The van der Waals surface area contributed by atoms with Gasteiger partial charge in [-0.2, -0.15) is 4.37 Å². The highest BCUT2D eigenvalue weighted by atomic mass is 32.2. The van der Waals surface area contributed by atoms with Crippen LogP contribution >= 0.6 is 23.3 Å². The van der Waals surface area contributed by atoms with E-state index in [1.807, 2.05) is 13.2 Å². The van der Waals surface area contributed by atoms with Crippen LogP contribution in [0.1, 0.15) is 13.3 Å². The summed E-state index contributed by atoms with van der Waals surface area (Å²) in [4.78, 5) is 0.959. The predicted molar refractivity (Wildman–Crippen MR) is 83.5 cm³/mol. The lowest BCUT2D eigenvalue weighted by atomic mass is 10.4. The summed E-state index contributed by atoms with van der Waals surface area (Å²) in [5.41, 5.74) is 5.73. The summed E-state index contributed by atoms with van der Waals surface area (Å²) in [5, 5.41) is 4.20. The van der Waals surface area contributed by atoms with Crippen molar-refractivity contribution in [2.24, 2.45) is 0 Å². The number of nitrogens with one attached hydrogen (secondary N) is 1. The van der Waals surface area contributed by atoms with Gasteiger partial charge in [0.1, 0.15) is 5.00 Å². The molecule has 1 rings (SSSR count). The first-order valence-electron chi connectivity index (χ1n) is 5.88. The molecule has 1 aromatic heterocycles. The molecule has 0 aliphatic carbocycles. The molecular weight excluding hydrogens is 304 g/mol. The van der Waals surface area contributed by atoms with Crippen molar-refractivity contribution in [2.75, 3.05) is 43.2 Å². The van der Waals surface area contributed by atoms with E-state index in [0.717, 1.165) is 16.3 Å². The molecule has 0 spiro atoms. The Labute approximate surface area is 123 Å². The summed E-state index contributed by atoms with van der Waals surface area (Å²) in [7, 11) is -3.10. The van der Waals surface area contributed by atoms with E-state index in [2.05, 4.69) is 9.69 Å².